The number of fused-ring (bicyclic) bond motifs is 2. The van der Waals surface area contributed by atoms with Crippen LogP contribution in [-0.2, 0) is 19.7 Å². The molecule has 0 aromatic heterocycles. The lowest BCUT2D eigenvalue weighted by atomic mass is 9.99. The molecule has 7 nitrogen and oxygen atoms in total. The lowest BCUT2D eigenvalue weighted by Crippen LogP contribution is -2.50. The predicted molar refractivity (Wildman–Crippen MR) is 86.0 cm³/mol. The highest BCUT2D eigenvalue weighted by molar-refractivity contribution is 7.86. The molecule has 23 heavy (non-hydrogen) atoms. The van der Waals surface area contributed by atoms with E-state index < -0.39 is 16.3 Å². The number of rotatable bonds is 4. The second-order valence-corrected chi connectivity index (χ2v) is 8.24. The Labute approximate surface area is 136 Å². The first-order valence-corrected chi connectivity index (χ1v) is 8.96. The Morgan fingerprint density at radius 1 is 1.26 bits per heavy atom. The van der Waals surface area contributed by atoms with Gasteiger partial charge in [0.25, 0.3) is 10.2 Å². The van der Waals surface area contributed by atoms with Crippen LogP contribution in [0.3, 0.4) is 0 Å². The minimum atomic E-state index is -3.48. The van der Waals surface area contributed by atoms with E-state index in [2.05, 4.69) is 5.32 Å². The summed E-state index contributed by atoms with van der Waals surface area (Å²) in [7, 11) is -0.466. The molecule has 126 valence electrons. The van der Waals surface area contributed by atoms with Gasteiger partial charge in [-0.3, -0.25) is 4.79 Å². The molecule has 2 bridgehead atoms. The maximum Gasteiger partial charge on any atom is 0.281 e. The SMILES string of the molecule is CN(C)S(=O)(=O)N1C[C@H]2C[C@H](C(=O)Nc3ccccc3)[C@@H](C1)O2. The number of amides is 1. The van der Waals surface area contributed by atoms with E-state index in [1.54, 1.807) is 0 Å². The number of carbonyl (C=O) groups excluding carboxylic acids is 1. The summed E-state index contributed by atoms with van der Waals surface area (Å²) in [6.07, 6.45) is -0.0785. The topological polar surface area (TPSA) is 79.0 Å². The third-order valence-electron chi connectivity index (χ3n) is 4.29. The second-order valence-electron chi connectivity index (χ2n) is 6.10. The second kappa shape index (κ2) is 6.20. The Hall–Kier alpha value is -1.48. The number of hydrogen-bond donors (Lipinski definition) is 1. The molecule has 0 aliphatic carbocycles. The molecule has 1 N–H and O–H groups in total. The zero-order valence-electron chi connectivity index (χ0n) is 13.2. The summed E-state index contributed by atoms with van der Waals surface area (Å²) in [4.78, 5) is 12.5. The van der Waals surface area contributed by atoms with Gasteiger partial charge in [-0.25, -0.2) is 0 Å². The van der Waals surface area contributed by atoms with Gasteiger partial charge in [0, 0.05) is 32.9 Å². The molecule has 2 saturated heterocycles. The third-order valence-corrected chi connectivity index (χ3v) is 6.16. The van der Waals surface area contributed by atoms with E-state index in [0.29, 0.717) is 13.0 Å². The smallest absolute Gasteiger partial charge is 0.281 e. The van der Waals surface area contributed by atoms with Gasteiger partial charge >= 0.3 is 0 Å². The van der Waals surface area contributed by atoms with Gasteiger partial charge in [-0.2, -0.15) is 17.0 Å². The summed E-state index contributed by atoms with van der Waals surface area (Å²) in [6.45, 7) is 0.510. The van der Waals surface area contributed by atoms with Crippen LogP contribution in [0.2, 0.25) is 0 Å². The quantitative estimate of drug-likeness (QED) is 0.867. The molecule has 2 aliphatic rings. The lowest BCUT2D eigenvalue weighted by molar-refractivity contribution is -0.122. The van der Waals surface area contributed by atoms with Crippen molar-refractivity contribution < 1.29 is 17.9 Å². The highest BCUT2D eigenvalue weighted by atomic mass is 32.2. The van der Waals surface area contributed by atoms with Crippen LogP contribution in [0.4, 0.5) is 5.69 Å². The maximum absolute atomic E-state index is 12.5. The molecule has 1 aromatic carbocycles. The van der Waals surface area contributed by atoms with E-state index in [0.717, 1.165) is 5.69 Å². The first-order chi connectivity index (χ1) is 10.9. The number of ether oxygens (including phenoxy) is 1. The Morgan fingerprint density at radius 2 is 1.96 bits per heavy atom. The van der Waals surface area contributed by atoms with Crippen molar-refractivity contribution in [1.82, 2.24) is 8.61 Å². The Bertz CT molecular complexity index is 677. The van der Waals surface area contributed by atoms with Gasteiger partial charge in [0.05, 0.1) is 18.1 Å². The van der Waals surface area contributed by atoms with Gasteiger partial charge in [-0.15, -0.1) is 0 Å². The van der Waals surface area contributed by atoms with Crippen LogP contribution in [-0.4, -0.2) is 62.3 Å². The number of benzene rings is 1. The number of nitrogens with one attached hydrogen (secondary N) is 1. The standard InChI is InChI=1S/C15H21N3O4S/c1-17(2)23(20,21)18-9-12-8-13(14(10-18)22-12)15(19)16-11-6-4-3-5-7-11/h3-7,12-14H,8-10H2,1-2H3,(H,16,19)/t12-,13+,14-/m1/s1. The fourth-order valence-corrected chi connectivity index (χ4v) is 4.23. The Balaban J connectivity index is 1.70. The third kappa shape index (κ3) is 3.25. The van der Waals surface area contributed by atoms with E-state index in [9.17, 15) is 13.2 Å². The fraction of sp³-hybridized carbons (Fsp3) is 0.533. The van der Waals surface area contributed by atoms with Gasteiger partial charge < -0.3 is 10.1 Å². The molecule has 2 aliphatic heterocycles. The van der Waals surface area contributed by atoms with Crippen molar-refractivity contribution in [2.75, 3.05) is 32.5 Å². The van der Waals surface area contributed by atoms with E-state index in [-0.39, 0.29) is 24.5 Å². The molecule has 8 heteroatoms. The van der Waals surface area contributed by atoms with Crippen molar-refractivity contribution in [2.24, 2.45) is 5.92 Å². The number of anilines is 1. The van der Waals surface area contributed by atoms with Crippen LogP contribution >= 0.6 is 0 Å². The molecule has 2 heterocycles. The van der Waals surface area contributed by atoms with Crippen molar-refractivity contribution in [3.8, 4) is 0 Å². The van der Waals surface area contributed by atoms with Crippen molar-refractivity contribution in [3.05, 3.63) is 30.3 Å². The zero-order chi connectivity index (χ0) is 16.6. The van der Waals surface area contributed by atoms with Gasteiger partial charge in [-0.1, -0.05) is 18.2 Å². The predicted octanol–water partition coefficient (Wildman–Crippen LogP) is 0.521. The molecule has 3 rings (SSSR count). The highest BCUT2D eigenvalue weighted by Crippen LogP contribution is 2.34. The average Bonchev–Trinajstić information content (AvgIpc) is 2.82. The lowest BCUT2D eigenvalue weighted by Gasteiger charge is -2.33. The summed E-state index contributed by atoms with van der Waals surface area (Å²) >= 11 is 0. The van der Waals surface area contributed by atoms with E-state index in [1.807, 2.05) is 30.3 Å². The number of morpholine rings is 1. The molecule has 1 amide bonds. The number of carbonyl (C=O) groups is 1. The molecule has 2 fully saturated rings. The summed E-state index contributed by atoms with van der Waals surface area (Å²) < 4.78 is 32.9. The largest absolute Gasteiger partial charge is 0.371 e. The summed E-state index contributed by atoms with van der Waals surface area (Å²) in [5.74, 6) is -0.449. The van der Waals surface area contributed by atoms with Crippen LogP contribution in [0, 0.1) is 5.92 Å². The van der Waals surface area contributed by atoms with E-state index in [1.165, 1.54) is 22.7 Å². The van der Waals surface area contributed by atoms with Crippen LogP contribution in [0.1, 0.15) is 6.42 Å². The number of para-hydroxylation sites is 1. The highest BCUT2D eigenvalue weighted by Gasteiger charge is 2.47. The van der Waals surface area contributed by atoms with Crippen LogP contribution in [0.25, 0.3) is 0 Å². The van der Waals surface area contributed by atoms with Crippen molar-refractivity contribution in [3.63, 3.8) is 0 Å². The first-order valence-electron chi connectivity index (χ1n) is 7.57. The van der Waals surface area contributed by atoms with Gasteiger partial charge in [0.2, 0.25) is 5.91 Å². The monoisotopic (exact) mass is 339 g/mol. The van der Waals surface area contributed by atoms with Gasteiger partial charge in [-0.05, 0) is 18.6 Å². The van der Waals surface area contributed by atoms with Crippen molar-refractivity contribution in [1.29, 1.82) is 0 Å². The molecule has 3 atom stereocenters. The molecule has 0 radical (unpaired) electrons. The summed E-state index contributed by atoms with van der Waals surface area (Å²) in [5, 5.41) is 2.88. The van der Waals surface area contributed by atoms with Crippen LogP contribution in [0.15, 0.2) is 30.3 Å². The summed E-state index contributed by atoms with van der Waals surface area (Å²) in [6, 6.07) is 9.23. The Kier molecular flexibility index (Phi) is 4.41. The van der Waals surface area contributed by atoms with Gasteiger partial charge in [0.1, 0.15) is 0 Å². The average molecular weight is 339 g/mol. The number of hydrogen-bond acceptors (Lipinski definition) is 4. The minimum absolute atomic E-state index is 0.118. The Morgan fingerprint density at radius 3 is 2.61 bits per heavy atom. The molecule has 0 spiro atoms. The first kappa shape index (κ1) is 16.4. The maximum atomic E-state index is 12.5. The number of nitrogens with zero attached hydrogens (tertiary/aromatic N) is 2. The molecule has 0 unspecified atom stereocenters. The molecular weight excluding hydrogens is 318 g/mol. The summed E-state index contributed by atoms with van der Waals surface area (Å²) in [5.41, 5.74) is 0.733. The van der Waals surface area contributed by atoms with Crippen molar-refractivity contribution >= 4 is 21.8 Å². The van der Waals surface area contributed by atoms with Crippen LogP contribution < -0.4 is 5.32 Å². The van der Waals surface area contributed by atoms with E-state index in [4.69, 9.17) is 4.74 Å². The van der Waals surface area contributed by atoms with Crippen LogP contribution in [0.5, 0.6) is 0 Å². The zero-order valence-corrected chi connectivity index (χ0v) is 14.0. The van der Waals surface area contributed by atoms with Crippen molar-refractivity contribution in [2.45, 2.75) is 18.6 Å². The minimum Gasteiger partial charge on any atom is -0.371 e. The van der Waals surface area contributed by atoms with E-state index >= 15 is 0 Å². The molecule has 1 aromatic rings. The fourth-order valence-electron chi connectivity index (χ4n) is 3.07. The van der Waals surface area contributed by atoms with Gasteiger partial charge in [0.15, 0.2) is 0 Å². The molecular formula is C15H21N3O4S. The molecule has 0 saturated carbocycles. The normalized spacial score (nSPS) is 28.0.